The minimum Gasteiger partial charge on any atom is -0.508 e. The van der Waals surface area contributed by atoms with Crippen molar-refractivity contribution in [2.75, 3.05) is 12.3 Å². The number of phenolic OH excluding ortho intramolecular Hbond substituents is 1. The normalized spacial score (nSPS) is 10.9. The van der Waals surface area contributed by atoms with E-state index in [1.54, 1.807) is 12.1 Å². The Hall–Kier alpha value is -1.69. The number of amides is 3. The molecule has 1 aromatic rings. The number of phenols is 1. The summed E-state index contributed by atoms with van der Waals surface area (Å²) in [5.41, 5.74) is 5.42. The Morgan fingerprint density at radius 1 is 0.788 bits per heavy atom. The molecule has 1 rings (SSSR count). The molecule has 6 heteroatoms. The first-order valence-electron chi connectivity index (χ1n) is 13.1. The van der Waals surface area contributed by atoms with Crippen LogP contribution in [0.15, 0.2) is 29.2 Å². The number of carbonyl (C=O) groups excluding carboxylic acids is 2. The Labute approximate surface area is 205 Å². The fraction of sp³-hybridized carbons (Fsp3) is 0.704. The summed E-state index contributed by atoms with van der Waals surface area (Å²) in [5, 5.41) is 9.32. The summed E-state index contributed by atoms with van der Waals surface area (Å²) in [5.74, 6) is 0.624. The number of unbranched alkanes of at least 4 members (excludes halogenated alkanes) is 14. The number of rotatable bonds is 20. The van der Waals surface area contributed by atoms with Crippen molar-refractivity contribution >= 4 is 23.7 Å². The van der Waals surface area contributed by atoms with Crippen LogP contribution < -0.4 is 5.73 Å². The first-order chi connectivity index (χ1) is 16.0. The highest BCUT2D eigenvalue weighted by atomic mass is 32.2. The number of thioether (sulfide) groups is 1. The first kappa shape index (κ1) is 29.3. The number of nitrogens with two attached hydrogens (primary N) is 1. The Balaban J connectivity index is 2.00. The Bertz CT molecular complexity index is 637. The number of hydrogen-bond acceptors (Lipinski definition) is 4. The predicted octanol–water partition coefficient (Wildman–Crippen LogP) is 7.65. The highest BCUT2D eigenvalue weighted by molar-refractivity contribution is 7.99. The van der Waals surface area contributed by atoms with E-state index in [0.717, 1.165) is 29.1 Å². The quantitative estimate of drug-likeness (QED) is 0.149. The van der Waals surface area contributed by atoms with E-state index in [2.05, 4.69) is 6.92 Å². The van der Waals surface area contributed by atoms with Crippen LogP contribution in [0.4, 0.5) is 4.79 Å². The molecule has 0 unspecified atom stereocenters. The largest absolute Gasteiger partial charge is 0.508 e. The number of aromatic hydroxyl groups is 1. The van der Waals surface area contributed by atoms with Gasteiger partial charge in [0, 0.05) is 23.6 Å². The number of hydrogen-bond donors (Lipinski definition) is 2. The maximum Gasteiger partial charge on any atom is 0.321 e. The number of primary amides is 1. The predicted molar refractivity (Wildman–Crippen MR) is 140 cm³/mol. The summed E-state index contributed by atoms with van der Waals surface area (Å²) in [4.78, 5) is 26.2. The zero-order valence-electron chi connectivity index (χ0n) is 20.7. The molecule has 0 aromatic heterocycles. The molecular weight excluding hydrogens is 432 g/mol. The molecule has 0 saturated heterocycles. The molecule has 0 fully saturated rings. The zero-order chi connectivity index (χ0) is 24.2. The summed E-state index contributed by atoms with van der Waals surface area (Å²) in [6.07, 6.45) is 19.6. The second-order valence-corrected chi connectivity index (χ2v) is 10.1. The highest BCUT2D eigenvalue weighted by Gasteiger charge is 2.18. The summed E-state index contributed by atoms with van der Waals surface area (Å²) >= 11 is 1.53. The molecular formula is C27H46N2O3S. The van der Waals surface area contributed by atoms with Gasteiger partial charge in [-0.2, -0.15) is 0 Å². The number of carbonyl (C=O) groups is 2. The molecule has 0 spiro atoms. The second kappa shape index (κ2) is 19.7. The molecule has 3 N–H and O–H groups in total. The zero-order valence-corrected chi connectivity index (χ0v) is 21.6. The van der Waals surface area contributed by atoms with Gasteiger partial charge in [-0.15, -0.1) is 11.8 Å². The first-order valence-corrected chi connectivity index (χ1v) is 14.0. The van der Waals surface area contributed by atoms with E-state index >= 15 is 0 Å². The lowest BCUT2D eigenvalue weighted by Crippen LogP contribution is -2.41. The van der Waals surface area contributed by atoms with Gasteiger partial charge in [-0.25, -0.2) is 4.79 Å². The van der Waals surface area contributed by atoms with Gasteiger partial charge in [-0.3, -0.25) is 9.69 Å². The number of urea groups is 1. The fourth-order valence-corrected chi connectivity index (χ4v) is 4.78. The lowest BCUT2D eigenvalue weighted by Gasteiger charge is -2.18. The van der Waals surface area contributed by atoms with Crippen LogP contribution in [0.5, 0.6) is 5.75 Å². The SMILES string of the molecule is CCCCCCCCCCCCCCCCCC(=O)N(CCSc1ccc(O)cc1)C(N)=O. The maximum absolute atomic E-state index is 12.4. The van der Waals surface area contributed by atoms with Crippen LogP contribution >= 0.6 is 11.8 Å². The number of imide groups is 1. The lowest BCUT2D eigenvalue weighted by atomic mass is 10.0. The molecule has 1 aromatic carbocycles. The van der Waals surface area contributed by atoms with Gasteiger partial charge in [0.05, 0.1) is 0 Å². The van der Waals surface area contributed by atoms with Crippen LogP contribution in [-0.4, -0.2) is 34.2 Å². The fourth-order valence-electron chi connectivity index (χ4n) is 3.94. The molecule has 0 aliphatic rings. The van der Waals surface area contributed by atoms with E-state index in [1.807, 2.05) is 12.1 Å². The number of nitrogens with zero attached hydrogens (tertiary/aromatic N) is 1. The van der Waals surface area contributed by atoms with E-state index in [1.165, 1.54) is 88.8 Å². The van der Waals surface area contributed by atoms with Gasteiger partial charge in [-0.05, 0) is 30.7 Å². The molecule has 0 heterocycles. The molecule has 0 bridgehead atoms. The summed E-state index contributed by atoms with van der Waals surface area (Å²) in [6, 6.07) is 6.19. The van der Waals surface area contributed by atoms with Crippen molar-refractivity contribution in [3.8, 4) is 5.75 Å². The summed E-state index contributed by atoms with van der Waals surface area (Å²) < 4.78 is 0. The third-order valence-electron chi connectivity index (χ3n) is 5.98. The molecule has 0 aliphatic carbocycles. The monoisotopic (exact) mass is 478 g/mol. The third-order valence-corrected chi connectivity index (χ3v) is 6.97. The van der Waals surface area contributed by atoms with E-state index in [0.29, 0.717) is 18.7 Å². The van der Waals surface area contributed by atoms with E-state index in [4.69, 9.17) is 5.73 Å². The van der Waals surface area contributed by atoms with Crippen molar-refractivity contribution in [1.82, 2.24) is 4.90 Å². The second-order valence-electron chi connectivity index (χ2n) is 8.93. The van der Waals surface area contributed by atoms with Gasteiger partial charge in [0.2, 0.25) is 5.91 Å². The van der Waals surface area contributed by atoms with Crippen molar-refractivity contribution in [2.24, 2.45) is 5.73 Å². The van der Waals surface area contributed by atoms with Crippen LogP contribution in [0.1, 0.15) is 110 Å². The standard InChI is InChI=1S/C27H46N2O3S/c1-2-3-4-5-6-7-8-9-10-11-12-13-14-15-16-17-26(31)29(27(28)32)22-23-33-25-20-18-24(30)19-21-25/h18-21,30H,2-17,22-23H2,1H3,(H2,28,32). The van der Waals surface area contributed by atoms with Crippen LogP contribution in [0.3, 0.4) is 0 Å². The molecule has 0 radical (unpaired) electrons. The summed E-state index contributed by atoms with van der Waals surface area (Å²) in [7, 11) is 0. The van der Waals surface area contributed by atoms with E-state index in [-0.39, 0.29) is 11.7 Å². The van der Waals surface area contributed by atoms with Gasteiger partial charge in [0.15, 0.2) is 0 Å². The van der Waals surface area contributed by atoms with Crippen LogP contribution in [0, 0.1) is 0 Å². The minimum atomic E-state index is -0.674. The number of benzene rings is 1. The van der Waals surface area contributed by atoms with Crippen molar-refractivity contribution in [2.45, 2.75) is 115 Å². The van der Waals surface area contributed by atoms with Gasteiger partial charge in [-0.1, -0.05) is 96.8 Å². The van der Waals surface area contributed by atoms with E-state index < -0.39 is 6.03 Å². The van der Waals surface area contributed by atoms with Gasteiger partial charge >= 0.3 is 6.03 Å². The average Bonchev–Trinajstić information content (AvgIpc) is 2.80. The molecule has 0 aliphatic heterocycles. The van der Waals surface area contributed by atoms with Gasteiger partial charge in [0.25, 0.3) is 0 Å². The van der Waals surface area contributed by atoms with Crippen LogP contribution in [0.2, 0.25) is 0 Å². The van der Waals surface area contributed by atoms with Gasteiger partial charge in [0.1, 0.15) is 5.75 Å². The van der Waals surface area contributed by atoms with E-state index in [9.17, 15) is 14.7 Å². The molecule has 0 saturated carbocycles. The lowest BCUT2D eigenvalue weighted by molar-refractivity contribution is -0.128. The Morgan fingerprint density at radius 2 is 1.24 bits per heavy atom. The average molecular weight is 479 g/mol. The molecule has 0 atom stereocenters. The molecule has 5 nitrogen and oxygen atoms in total. The van der Waals surface area contributed by atoms with Crippen molar-refractivity contribution in [3.63, 3.8) is 0 Å². The van der Waals surface area contributed by atoms with Gasteiger partial charge < -0.3 is 10.8 Å². The molecule has 3 amide bonds. The van der Waals surface area contributed by atoms with Crippen molar-refractivity contribution < 1.29 is 14.7 Å². The Morgan fingerprint density at radius 3 is 1.70 bits per heavy atom. The van der Waals surface area contributed by atoms with Crippen molar-refractivity contribution in [3.05, 3.63) is 24.3 Å². The summed E-state index contributed by atoms with van der Waals surface area (Å²) in [6.45, 7) is 2.57. The van der Waals surface area contributed by atoms with Crippen LogP contribution in [-0.2, 0) is 4.79 Å². The van der Waals surface area contributed by atoms with Crippen LogP contribution in [0.25, 0.3) is 0 Å². The minimum absolute atomic E-state index is 0.177. The Kier molecular flexibility index (Phi) is 17.6. The topological polar surface area (TPSA) is 83.6 Å². The van der Waals surface area contributed by atoms with Crippen molar-refractivity contribution in [1.29, 1.82) is 0 Å². The molecule has 33 heavy (non-hydrogen) atoms. The smallest absolute Gasteiger partial charge is 0.321 e. The maximum atomic E-state index is 12.4. The highest BCUT2D eigenvalue weighted by Crippen LogP contribution is 2.21. The molecule has 188 valence electrons. The third kappa shape index (κ3) is 15.7.